The Labute approximate surface area is 282 Å². The summed E-state index contributed by atoms with van der Waals surface area (Å²) in [6.07, 6.45) is 0. The molecule has 2 heteroatoms. The number of aryl methyl sites for hydroxylation is 2. The minimum absolute atomic E-state index is 1.12. The Balaban J connectivity index is 1.18. The van der Waals surface area contributed by atoms with Gasteiger partial charge in [0.15, 0.2) is 0 Å². The van der Waals surface area contributed by atoms with Crippen molar-refractivity contribution >= 4 is 55.7 Å². The Morgan fingerprint density at radius 3 is 1.17 bits per heavy atom. The molecular formula is C46H36N2. The van der Waals surface area contributed by atoms with E-state index in [1.807, 2.05) is 0 Å². The molecule has 0 N–H and O–H groups in total. The second kappa shape index (κ2) is 12.6. The van der Waals surface area contributed by atoms with E-state index >= 15 is 0 Å². The van der Waals surface area contributed by atoms with E-state index in [0.29, 0.717) is 0 Å². The van der Waals surface area contributed by atoms with Crippen LogP contribution in [0.2, 0.25) is 0 Å². The van der Waals surface area contributed by atoms with Gasteiger partial charge in [0.1, 0.15) is 0 Å². The first-order valence-corrected chi connectivity index (χ1v) is 16.5. The Morgan fingerprint density at radius 2 is 0.708 bits per heavy atom. The van der Waals surface area contributed by atoms with Crippen molar-refractivity contribution in [1.29, 1.82) is 0 Å². The lowest BCUT2D eigenvalue weighted by atomic mass is 10.0. The number of hydrogen-bond acceptors (Lipinski definition) is 2. The maximum absolute atomic E-state index is 2.40. The molecule has 0 fully saturated rings. The Hall–Kier alpha value is -6.12. The van der Waals surface area contributed by atoms with Gasteiger partial charge in [-0.25, -0.2) is 0 Å². The lowest BCUT2D eigenvalue weighted by Crippen LogP contribution is -2.11. The zero-order chi connectivity index (χ0) is 32.5. The van der Waals surface area contributed by atoms with Crippen molar-refractivity contribution in [3.05, 3.63) is 193 Å². The molecule has 48 heavy (non-hydrogen) atoms. The number of hydrogen-bond donors (Lipinski definition) is 0. The molecule has 0 heterocycles. The molecule has 0 unspecified atom stereocenters. The predicted molar refractivity (Wildman–Crippen MR) is 206 cm³/mol. The van der Waals surface area contributed by atoms with Gasteiger partial charge in [0.25, 0.3) is 0 Å². The van der Waals surface area contributed by atoms with Crippen molar-refractivity contribution in [1.82, 2.24) is 0 Å². The molecule has 0 saturated heterocycles. The van der Waals surface area contributed by atoms with E-state index < -0.39 is 0 Å². The Morgan fingerprint density at radius 1 is 0.312 bits per heavy atom. The van der Waals surface area contributed by atoms with Crippen molar-refractivity contribution in [2.75, 3.05) is 9.80 Å². The van der Waals surface area contributed by atoms with Crippen LogP contribution in [0.4, 0.5) is 34.1 Å². The van der Waals surface area contributed by atoms with Crippen LogP contribution in [-0.4, -0.2) is 0 Å². The van der Waals surface area contributed by atoms with Gasteiger partial charge < -0.3 is 9.80 Å². The minimum Gasteiger partial charge on any atom is -0.310 e. The summed E-state index contributed by atoms with van der Waals surface area (Å²) < 4.78 is 0. The Kier molecular flexibility index (Phi) is 7.68. The molecule has 0 aliphatic carbocycles. The van der Waals surface area contributed by atoms with Crippen LogP contribution >= 0.6 is 0 Å². The SMILES string of the molecule is Cc1cccc(N(c2ccc(-c3ccc(N(c4cccc5ccccc45)c4cccc5ccccc45)cc3)cc2)c2cccc(C)c2)c1. The van der Waals surface area contributed by atoms with Crippen molar-refractivity contribution in [3.63, 3.8) is 0 Å². The second-order valence-corrected chi connectivity index (χ2v) is 12.4. The van der Waals surface area contributed by atoms with Gasteiger partial charge in [-0.05, 0) is 108 Å². The molecule has 0 aliphatic rings. The van der Waals surface area contributed by atoms with Crippen LogP contribution in [0.1, 0.15) is 11.1 Å². The Bertz CT molecular complexity index is 2240. The van der Waals surface area contributed by atoms with E-state index in [1.165, 1.54) is 43.8 Å². The van der Waals surface area contributed by atoms with Gasteiger partial charge in [0, 0.05) is 33.5 Å². The third-order valence-corrected chi connectivity index (χ3v) is 9.12. The summed E-state index contributed by atoms with van der Waals surface area (Å²) in [7, 11) is 0. The number of fused-ring (bicyclic) bond motifs is 2. The smallest absolute Gasteiger partial charge is 0.0540 e. The average molecular weight is 617 g/mol. The molecule has 8 rings (SSSR count). The number of benzene rings is 8. The molecule has 0 bridgehead atoms. The molecule has 0 aliphatic heterocycles. The molecular weight excluding hydrogens is 581 g/mol. The van der Waals surface area contributed by atoms with Crippen LogP contribution in [0, 0.1) is 13.8 Å². The fourth-order valence-electron chi connectivity index (χ4n) is 6.80. The van der Waals surface area contributed by atoms with Gasteiger partial charge in [-0.2, -0.15) is 0 Å². The number of nitrogens with zero attached hydrogens (tertiary/aromatic N) is 2. The first kappa shape index (κ1) is 29.3. The first-order chi connectivity index (χ1) is 23.6. The van der Waals surface area contributed by atoms with Crippen molar-refractivity contribution in [2.24, 2.45) is 0 Å². The third-order valence-electron chi connectivity index (χ3n) is 9.12. The highest BCUT2D eigenvalue weighted by Gasteiger charge is 2.18. The van der Waals surface area contributed by atoms with Gasteiger partial charge in [0.05, 0.1) is 11.4 Å². The van der Waals surface area contributed by atoms with Gasteiger partial charge in [-0.3, -0.25) is 0 Å². The van der Waals surface area contributed by atoms with Gasteiger partial charge in [-0.15, -0.1) is 0 Å². The highest BCUT2D eigenvalue weighted by molar-refractivity contribution is 6.04. The average Bonchev–Trinajstić information content (AvgIpc) is 3.13. The predicted octanol–water partition coefficient (Wildman–Crippen LogP) is 13.2. The molecule has 8 aromatic rings. The molecule has 8 aromatic carbocycles. The first-order valence-electron chi connectivity index (χ1n) is 16.5. The molecule has 0 atom stereocenters. The maximum atomic E-state index is 2.40. The second-order valence-electron chi connectivity index (χ2n) is 12.4. The highest BCUT2D eigenvalue weighted by Crippen LogP contribution is 2.43. The van der Waals surface area contributed by atoms with Crippen LogP contribution in [0.25, 0.3) is 32.7 Å². The van der Waals surface area contributed by atoms with E-state index in [-0.39, 0.29) is 0 Å². The zero-order valence-corrected chi connectivity index (χ0v) is 27.2. The van der Waals surface area contributed by atoms with Crippen LogP contribution in [0.3, 0.4) is 0 Å². The van der Waals surface area contributed by atoms with E-state index in [1.54, 1.807) is 0 Å². The van der Waals surface area contributed by atoms with Crippen LogP contribution in [0.5, 0.6) is 0 Å². The lowest BCUT2D eigenvalue weighted by molar-refractivity contribution is 1.26. The summed E-state index contributed by atoms with van der Waals surface area (Å²) in [6.45, 7) is 4.29. The van der Waals surface area contributed by atoms with E-state index in [0.717, 1.165) is 34.1 Å². The highest BCUT2D eigenvalue weighted by atomic mass is 15.1. The molecule has 230 valence electrons. The summed E-state index contributed by atoms with van der Waals surface area (Å²) in [5.41, 5.74) is 11.7. The number of rotatable bonds is 7. The molecule has 0 aromatic heterocycles. The summed E-state index contributed by atoms with van der Waals surface area (Å²) in [5.74, 6) is 0. The topological polar surface area (TPSA) is 6.48 Å². The molecule has 0 saturated carbocycles. The zero-order valence-electron chi connectivity index (χ0n) is 27.2. The number of anilines is 6. The van der Waals surface area contributed by atoms with E-state index in [9.17, 15) is 0 Å². The monoisotopic (exact) mass is 616 g/mol. The molecule has 0 spiro atoms. The summed E-state index contributed by atoms with van der Waals surface area (Å²) in [4.78, 5) is 4.73. The summed E-state index contributed by atoms with van der Waals surface area (Å²) in [5, 5.41) is 4.89. The lowest BCUT2D eigenvalue weighted by Gasteiger charge is -2.28. The minimum atomic E-state index is 1.12. The quantitative estimate of drug-likeness (QED) is 0.176. The van der Waals surface area contributed by atoms with E-state index in [2.05, 4.69) is 206 Å². The maximum Gasteiger partial charge on any atom is 0.0540 e. The van der Waals surface area contributed by atoms with Crippen molar-refractivity contribution in [3.8, 4) is 11.1 Å². The normalized spacial score (nSPS) is 11.1. The summed E-state index contributed by atoms with van der Waals surface area (Å²) in [6, 6.07) is 65.7. The van der Waals surface area contributed by atoms with Gasteiger partial charge in [-0.1, -0.05) is 121 Å². The van der Waals surface area contributed by atoms with E-state index in [4.69, 9.17) is 0 Å². The molecule has 2 nitrogen and oxygen atoms in total. The van der Waals surface area contributed by atoms with Gasteiger partial charge >= 0.3 is 0 Å². The van der Waals surface area contributed by atoms with Crippen LogP contribution < -0.4 is 9.80 Å². The fourth-order valence-corrected chi connectivity index (χ4v) is 6.80. The largest absolute Gasteiger partial charge is 0.310 e. The van der Waals surface area contributed by atoms with Crippen LogP contribution in [0.15, 0.2) is 182 Å². The van der Waals surface area contributed by atoms with Crippen LogP contribution in [-0.2, 0) is 0 Å². The third kappa shape index (κ3) is 5.59. The van der Waals surface area contributed by atoms with Crippen molar-refractivity contribution in [2.45, 2.75) is 13.8 Å². The summed E-state index contributed by atoms with van der Waals surface area (Å²) >= 11 is 0. The van der Waals surface area contributed by atoms with Crippen molar-refractivity contribution < 1.29 is 0 Å². The molecule has 0 amide bonds. The fraction of sp³-hybridized carbons (Fsp3) is 0.0435. The standard InChI is InChI=1S/C46H36N2/c1-33-11-7-17-41(31-33)47(42-18-8-12-34(2)32-42)39-27-23-35(24-28-39)36-25-29-40(30-26-36)48(45-21-9-15-37-13-3-5-19-43(37)45)46-22-10-16-38-14-4-6-20-44(38)46/h3-32H,1-2H3. The van der Waals surface area contributed by atoms with Gasteiger partial charge in [0.2, 0.25) is 0 Å². The molecule has 0 radical (unpaired) electrons.